The van der Waals surface area contributed by atoms with Gasteiger partial charge in [0.05, 0.1) is 13.2 Å². The minimum absolute atomic E-state index is 0.102. The van der Waals surface area contributed by atoms with Gasteiger partial charge in [0.15, 0.2) is 6.10 Å². The maximum atomic E-state index is 12.6. The molecule has 0 spiro atoms. The van der Waals surface area contributed by atoms with Crippen molar-refractivity contribution in [3.63, 3.8) is 0 Å². The summed E-state index contributed by atoms with van der Waals surface area (Å²) in [6.07, 6.45) is 0.0932. The van der Waals surface area contributed by atoms with Gasteiger partial charge in [-0.3, -0.25) is 4.79 Å². The van der Waals surface area contributed by atoms with E-state index >= 15 is 0 Å². The molecule has 2 aromatic carbocycles. The average molecular weight is 341 g/mol. The van der Waals surface area contributed by atoms with E-state index in [9.17, 15) is 4.79 Å². The van der Waals surface area contributed by atoms with Gasteiger partial charge in [-0.25, -0.2) is 0 Å². The Labute approximate surface area is 150 Å². The van der Waals surface area contributed by atoms with Crippen LogP contribution in [0.5, 0.6) is 11.5 Å². The Morgan fingerprint density at radius 3 is 2.16 bits per heavy atom. The van der Waals surface area contributed by atoms with Crippen LogP contribution < -0.4 is 14.8 Å². The van der Waals surface area contributed by atoms with Crippen molar-refractivity contribution in [1.82, 2.24) is 5.32 Å². The van der Waals surface area contributed by atoms with Gasteiger partial charge in [-0.05, 0) is 68.1 Å². The molecule has 0 aliphatic rings. The summed E-state index contributed by atoms with van der Waals surface area (Å²) >= 11 is 0. The van der Waals surface area contributed by atoms with Crippen molar-refractivity contribution in [3.8, 4) is 11.5 Å². The van der Waals surface area contributed by atoms with Gasteiger partial charge in [0.2, 0.25) is 0 Å². The number of hydrogen-bond donors (Lipinski definition) is 1. The first-order valence-corrected chi connectivity index (χ1v) is 8.62. The molecular weight excluding hydrogens is 314 g/mol. The summed E-state index contributed by atoms with van der Waals surface area (Å²) in [5, 5.41) is 3.03. The predicted octanol–water partition coefficient (Wildman–Crippen LogP) is 4.35. The van der Waals surface area contributed by atoms with Gasteiger partial charge in [0.25, 0.3) is 5.91 Å². The Kier molecular flexibility index (Phi) is 6.45. The maximum Gasteiger partial charge on any atom is 0.261 e. The van der Waals surface area contributed by atoms with E-state index in [1.165, 1.54) is 0 Å². The van der Waals surface area contributed by atoms with Crippen LogP contribution in [0.4, 0.5) is 0 Å². The van der Waals surface area contributed by atoms with E-state index < -0.39 is 6.10 Å². The molecule has 4 nitrogen and oxygen atoms in total. The lowest BCUT2D eigenvalue weighted by Crippen LogP contribution is -2.39. The summed E-state index contributed by atoms with van der Waals surface area (Å²) in [6, 6.07) is 13.6. The van der Waals surface area contributed by atoms with Crippen molar-refractivity contribution in [2.75, 3.05) is 7.11 Å². The molecule has 4 heteroatoms. The molecule has 25 heavy (non-hydrogen) atoms. The highest BCUT2D eigenvalue weighted by atomic mass is 16.5. The van der Waals surface area contributed by atoms with Crippen molar-refractivity contribution >= 4 is 5.91 Å². The number of rotatable bonds is 7. The highest BCUT2D eigenvalue weighted by molar-refractivity contribution is 5.81. The molecule has 0 unspecified atom stereocenters. The van der Waals surface area contributed by atoms with Crippen LogP contribution in [0.25, 0.3) is 0 Å². The molecule has 0 aliphatic heterocycles. The highest BCUT2D eigenvalue weighted by Crippen LogP contribution is 2.20. The van der Waals surface area contributed by atoms with Crippen LogP contribution in [0, 0.1) is 13.8 Å². The second-order valence-corrected chi connectivity index (χ2v) is 6.34. The number of hydrogen-bond acceptors (Lipinski definition) is 3. The number of ether oxygens (including phenoxy) is 2. The quantitative estimate of drug-likeness (QED) is 0.814. The molecule has 2 rings (SSSR count). The van der Waals surface area contributed by atoms with Crippen LogP contribution in [-0.4, -0.2) is 19.1 Å². The highest BCUT2D eigenvalue weighted by Gasteiger charge is 2.21. The minimum atomic E-state index is -0.512. The standard InChI is InChI=1S/C21H27NO3/c1-6-20(25-19-12-14(2)11-15(3)13-19)21(23)22-16(4)17-7-9-18(24-5)10-8-17/h7-13,16,20H,6H2,1-5H3,(H,22,23)/t16-,20+/m1/s1. The van der Waals surface area contributed by atoms with Gasteiger partial charge in [0, 0.05) is 0 Å². The number of nitrogens with one attached hydrogen (secondary N) is 1. The Morgan fingerprint density at radius 1 is 1.04 bits per heavy atom. The van der Waals surface area contributed by atoms with Crippen LogP contribution in [0.3, 0.4) is 0 Å². The van der Waals surface area contributed by atoms with E-state index in [0.717, 1.165) is 28.2 Å². The molecule has 0 radical (unpaired) electrons. The van der Waals surface area contributed by atoms with Gasteiger partial charge in [0.1, 0.15) is 11.5 Å². The van der Waals surface area contributed by atoms with Gasteiger partial charge in [-0.2, -0.15) is 0 Å². The smallest absolute Gasteiger partial charge is 0.261 e. The summed E-state index contributed by atoms with van der Waals surface area (Å²) < 4.78 is 11.1. The molecule has 0 saturated heterocycles. The van der Waals surface area contributed by atoms with Crippen LogP contribution in [0.15, 0.2) is 42.5 Å². The lowest BCUT2D eigenvalue weighted by atomic mass is 10.1. The van der Waals surface area contributed by atoms with E-state index in [2.05, 4.69) is 11.4 Å². The van der Waals surface area contributed by atoms with Gasteiger partial charge in [-0.1, -0.05) is 25.1 Å². The topological polar surface area (TPSA) is 47.6 Å². The summed E-state index contributed by atoms with van der Waals surface area (Å²) in [5.41, 5.74) is 3.27. The molecule has 0 fully saturated rings. The van der Waals surface area contributed by atoms with Gasteiger partial charge < -0.3 is 14.8 Å². The Balaban J connectivity index is 2.03. The van der Waals surface area contributed by atoms with E-state index in [4.69, 9.17) is 9.47 Å². The Bertz CT molecular complexity index is 689. The molecule has 2 atom stereocenters. The third kappa shape index (κ3) is 5.24. The molecule has 1 N–H and O–H groups in total. The van der Waals surface area contributed by atoms with Crippen LogP contribution in [0.2, 0.25) is 0 Å². The molecule has 0 heterocycles. The maximum absolute atomic E-state index is 12.6. The second kappa shape index (κ2) is 8.56. The summed E-state index contributed by atoms with van der Waals surface area (Å²) in [5.74, 6) is 1.42. The molecule has 2 aromatic rings. The third-order valence-electron chi connectivity index (χ3n) is 4.11. The number of aryl methyl sites for hydroxylation is 2. The second-order valence-electron chi connectivity index (χ2n) is 6.34. The molecule has 0 saturated carbocycles. The molecule has 0 aliphatic carbocycles. The van der Waals surface area contributed by atoms with Crippen molar-refractivity contribution in [2.24, 2.45) is 0 Å². The van der Waals surface area contributed by atoms with Crippen LogP contribution in [0.1, 0.15) is 43.0 Å². The molecule has 134 valence electrons. The predicted molar refractivity (Wildman–Crippen MR) is 100 cm³/mol. The van der Waals surface area contributed by atoms with Crippen molar-refractivity contribution in [2.45, 2.75) is 46.3 Å². The number of amides is 1. The van der Waals surface area contributed by atoms with Crippen molar-refractivity contribution in [3.05, 3.63) is 59.2 Å². The number of carbonyl (C=O) groups excluding carboxylic acids is 1. The first-order chi connectivity index (χ1) is 11.9. The molecule has 0 aromatic heterocycles. The number of methoxy groups -OCH3 is 1. The monoisotopic (exact) mass is 341 g/mol. The van der Waals surface area contributed by atoms with Gasteiger partial charge in [-0.15, -0.1) is 0 Å². The summed E-state index contributed by atoms with van der Waals surface area (Å²) in [4.78, 5) is 12.6. The minimum Gasteiger partial charge on any atom is -0.497 e. The fraction of sp³-hybridized carbons (Fsp3) is 0.381. The van der Waals surface area contributed by atoms with Crippen LogP contribution in [-0.2, 0) is 4.79 Å². The molecule has 1 amide bonds. The largest absolute Gasteiger partial charge is 0.497 e. The Morgan fingerprint density at radius 2 is 1.64 bits per heavy atom. The first-order valence-electron chi connectivity index (χ1n) is 8.62. The van der Waals surface area contributed by atoms with E-state index in [1.807, 2.05) is 64.1 Å². The number of carbonyl (C=O) groups is 1. The zero-order valence-corrected chi connectivity index (χ0v) is 15.6. The average Bonchev–Trinajstić information content (AvgIpc) is 2.58. The van der Waals surface area contributed by atoms with Crippen LogP contribution >= 0.6 is 0 Å². The summed E-state index contributed by atoms with van der Waals surface area (Å²) in [7, 11) is 1.64. The first kappa shape index (κ1) is 18.8. The lowest BCUT2D eigenvalue weighted by Gasteiger charge is -2.21. The summed E-state index contributed by atoms with van der Waals surface area (Å²) in [6.45, 7) is 7.95. The van der Waals surface area contributed by atoms with Crippen molar-refractivity contribution < 1.29 is 14.3 Å². The van der Waals surface area contributed by atoms with E-state index in [1.54, 1.807) is 7.11 Å². The zero-order chi connectivity index (χ0) is 18.4. The molecular formula is C21H27NO3. The normalized spacial score (nSPS) is 13.0. The van der Waals surface area contributed by atoms with Crippen molar-refractivity contribution in [1.29, 1.82) is 0 Å². The van der Waals surface area contributed by atoms with E-state index in [-0.39, 0.29) is 11.9 Å². The fourth-order valence-electron chi connectivity index (χ4n) is 2.77. The number of benzene rings is 2. The van der Waals surface area contributed by atoms with Gasteiger partial charge >= 0.3 is 0 Å². The Hall–Kier alpha value is -2.49. The molecule has 0 bridgehead atoms. The van der Waals surface area contributed by atoms with E-state index in [0.29, 0.717) is 6.42 Å². The third-order valence-corrected chi connectivity index (χ3v) is 4.11. The zero-order valence-electron chi connectivity index (χ0n) is 15.6. The SMILES string of the molecule is CC[C@H](Oc1cc(C)cc(C)c1)C(=O)N[C@H](C)c1ccc(OC)cc1. The fourth-order valence-corrected chi connectivity index (χ4v) is 2.77. The lowest BCUT2D eigenvalue weighted by molar-refractivity contribution is -0.128.